The van der Waals surface area contributed by atoms with Crippen LogP contribution in [0.1, 0.15) is 29.4 Å². The lowest BCUT2D eigenvalue weighted by Crippen LogP contribution is -1.95. The second-order valence-corrected chi connectivity index (χ2v) is 5.24. The molecule has 2 aromatic heterocycles. The number of pyridine rings is 1. The number of aryl methyl sites for hydroxylation is 2. The van der Waals surface area contributed by atoms with Gasteiger partial charge in [0.25, 0.3) is 0 Å². The quantitative estimate of drug-likeness (QED) is 0.795. The predicted octanol–water partition coefficient (Wildman–Crippen LogP) is 3.56. The molecule has 0 radical (unpaired) electrons. The molecule has 4 nitrogen and oxygen atoms in total. The average molecular weight is 281 g/mol. The number of fused-ring (bicyclic) bond motifs is 1. The van der Waals surface area contributed by atoms with E-state index in [1.165, 1.54) is 16.7 Å². The third-order valence-corrected chi connectivity index (χ3v) is 3.52. The van der Waals surface area contributed by atoms with Crippen LogP contribution in [0.15, 0.2) is 30.3 Å². The molecule has 0 aliphatic heterocycles. The fourth-order valence-corrected chi connectivity index (χ4v) is 2.41. The Morgan fingerprint density at radius 3 is 2.76 bits per heavy atom. The number of aromatic amines is 1. The Morgan fingerprint density at radius 2 is 1.95 bits per heavy atom. The van der Waals surface area contributed by atoms with Crippen molar-refractivity contribution < 1.29 is 4.74 Å². The Bertz CT molecular complexity index is 777. The summed E-state index contributed by atoms with van der Waals surface area (Å²) >= 11 is 0. The summed E-state index contributed by atoms with van der Waals surface area (Å²) in [5, 5.41) is 0. The Kier molecular flexibility index (Phi) is 3.60. The Morgan fingerprint density at radius 1 is 1.10 bits per heavy atom. The van der Waals surface area contributed by atoms with E-state index in [-0.39, 0.29) is 0 Å². The number of H-pyrrole nitrogens is 1. The van der Waals surface area contributed by atoms with Crippen LogP contribution in [0.2, 0.25) is 0 Å². The summed E-state index contributed by atoms with van der Waals surface area (Å²) in [6.45, 7) is 6.79. The second-order valence-electron chi connectivity index (χ2n) is 5.24. The van der Waals surface area contributed by atoms with Crippen molar-refractivity contribution >= 4 is 11.2 Å². The molecular weight excluding hydrogens is 262 g/mol. The van der Waals surface area contributed by atoms with Gasteiger partial charge in [0.15, 0.2) is 5.65 Å². The number of nitrogens with one attached hydrogen (secondary N) is 1. The standard InChI is InChI=1S/C17H19N3O/c1-4-21-16-8-7-14-17(20-16)19-15(18-14)10-13-9-11(2)5-6-12(13)3/h5-9H,4,10H2,1-3H3,(H,18,19,20). The van der Waals surface area contributed by atoms with E-state index in [1.807, 2.05) is 19.1 Å². The lowest BCUT2D eigenvalue weighted by molar-refractivity contribution is 0.328. The fraction of sp³-hybridized carbons (Fsp3) is 0.294. The highest BCUT2D eigenvalue weighted by Gasteiger charge is 2.08. The third-order valence-electron chi connectivity index (χ3n) is 3.52. The van der Waals surface area contributed by atoms with Gasteiger partial charge in [0.05, 0.1) is 12.1 Å². The molecule has 0 spiro atoms. The van der Waals surface area contributed by atoms with E-state index in [1.54, 1.807) is 0 Å². The monoisotopic (exact) mass is 281 g/mol. The molecule has 0 unspecified atom stereocenters. The van der Waals surface area contributed by atoms with Crippen LogP contribution in [-0.4, -0.2) is 21.6 Å². The van der Waals surface area contributed by atoms with Gasteiger partial charge < -0.3 is 9.72 Å². The van der Waals surface area contributed by atoms with E-state index in [2.05, 4.69) is 47.0 Å². The van der Waals surface area contributed by atoms with Crippen LogP contribution in [0, 0.1) is 13.8 Å². The topological polar surface area (TPSA) is 50.8 Å². The van der Waals surface area contributed by atoms with Crippen LogP contribution in [0.25, 0.3) is 11.2 Å². The number of benzene rings is 1. The van der Waals surface area contributed by atoms with Crippen LogP contribution in [-0.2, 0) is 6.42 Å². The first-order valence-electron chi connectivity index (χ1n) is 7.20. The summed E-state index contributed by atoms with van der Waals surface area (Å²) in [5.41, 5.74) is 5.49. The highest BCUT2D eigenvalue weighted by atomic mass is 16.5. The van der Waals surface area contributed by atoms with Gasteiger partial charge in [0.1, 0.15) is 5.82 Å². The Hall–Kier alpha value is -2.36. The maximum absolute atomic E-state index is 5.41. The van der Waals surface area contributed by atoms with Crippen molar-refractivity contribution in [3.05, 3.63) is 52.8 Å². The molecule has 1 N–H and O–H groups in total. The van der Waals surface area contributed by atoms with E-state index in [0.29, 0.717) is 18.1 Å². The molecule has 0 bridgehead atoms. The van der Waals surface area contributed by atoms with Gasteiger partial charge in [0.2, 0.25) is 5.88 Å². The minimum absolute atomic E-state index is 0.609. The van der Waals surface area contributed by atoms with E-state index in [9.17, 15) is 0 Å². The van der Waals surface area contributed by atoms with Gasteiger partial charge in [-0.3, -0.25) is 0 Å². The molecule has 108 valence electrons. The molecule has 4 heteroatoms. The van der Waals surface area contributed by atoms with Crippen LogP contribution in [0.3, 0.4) is 0 Å². The lowest BCUT2D eigenvalue weighted by atomic mass is 10.0. The van der Waals surface area contributed by atoms with Gasteiger partial charge in [-0.2, -0.15) is 4.98 Å². The maximum atomic E-state index is 5.41. The summed E-state index contributed by atoms with van der Waals surface area (Å²) in [6.07, 6.45) is 0.786. The molecular formula is C17H19N3O. The molecule has 3 rings (SSSR count). The first-order chi connectivity index (χ1) is 10.2. The van der Waals surface area contributed by atoms with Gasteiger partial charge in [-0.05, 0) is 38.0 Å². The Labute approximate surface area is 124 Å². The average Bonchev–Trinajstić information content (AvgIpc) is 2.85. The van der Waals surface area contributed by atoms with Gasteiger partial charge in [-0.25, -0.2) is 4.98 Å². The highest BCUT2D eigenvalue weighted by Crippen LogP contribution is 2.18. The normalized spacial score (nSPS) is 11.0. The third kappa shape index (κ3) is 2.89. The molecule has 1 aromatic carbocycles. The van der Waals surface area contributed by atoms with Crippen molar-refractivity contribution in [1.29, 1.82) is 0 Å². The molecule has 2 heterocycles. The highest BCUT2D eigenvalue weighted by molar-refractivity contribution is 5.71. The van der Waals surface area contributed by atoms with Crippen molar-refractivity contribution in [2.24, 2.45) is 0 Å². The molecule has 0 amide bonds. The van der Waals surface area contributed by atoms with Gasteiger partial charge in [-0.1, -0.05) is 23.8 Å². The summed E-state index contributed by atoms with van der Waals surface area (Å²) in [7, 11) is 0. The van der Waals surface area contributed by atoms with Crippen molar-refractivity contribution in [3.63, 3.8) is 0 Å². The Balaban J connectivity index is 1.92. The number of hydrogen-bond acceptors (Lipinski definition) is 3. The van der Waals surface area contributed by atoms with Gasteiger partial charge in [-0.15, -0.1) is 0 Å². The fourth-order valence-electron chi connectivity index (χ4n) is 2.41. The number of hydrogen-bond donors (Lipinski definition) is 1. The van der Waals surface area contributed by atoms with Crippen molar-refractivity contribution in [2.45, 2.75) is 27.2 Å². The number of imidazole rings is 1. The molecule has 0 atom stereocenters. The number of nitrogens with zero attached hydrogens (tertiary/aromatic N) is 2. The van der Waals surface area contributed by atoms with Gasteiger partial charge in [0, 0.05) is 12.5 Å². The molecule has 0 fully saturated rings. The molecule has 0 saturated heterocycles. The summed E-state index contributed by atoms with van der Waals surface area (Å²) < 4.78 is 5.41. The van der Waals surface area contributed by atoms with Crippen LogP contribution in [0.4, 0.5) is 0 Å². The first-order valence-corrected chi connectivity index (χ1v) is 7.20. The zero-order chi connectivity index (χ0) is 14.8. The molecule has 21 heavy (non-hydrogen) atoms. The van der Waals surface area contributed by atoms with E-state index < -0.39 is 0 Å². The maximum Gasteiger partial charge on any atom is 0.215 e. The van der Waals surface area contributed by atoms with Crippen molar-refractivity contribution in [2.75, 3.05) is 6.61 Å². The summed E-state index contributed by atoms with van der Waals surface area (Å²) in [5.74, 6) is 1.55. The lowest BCUT2D eigenvalue weighted by Gasteiger charge is -2.04. The molecule has 0 saturated carbocycles. The predicted molar refractivity (Wildman–Crippen MR) is 83.8 cm³/mol. The van der Waals surface area contributed by atoms with Crippen molar-refractivity contribution in [1.82, 2.24) is 15.0 Å². The zero-order valence-corrected chi connectivity index (χ0v) is 12.6. The SMILES string of the molecule is CCOc1ccc2[nH]c(Cc3cc(C)ccc3C)nc2n1. The van der Waals surface area contributed by atoms with Crippen LogP contribution < -0.4 is 4.74 Å². The van der Waals surface area contributed by atoms with Gasteiger partial charge >= 0.3 is 0 Å². The number of ether oxygens (including phenoxy) is 1. The second kappa shape index (κ2) is 5.56. The summed E-state index contributed by atoms with van der Waals surface area (Å²) in [6, 6.07) is 10.3. The zero-order valence-electron chi connectivity index (χ0n) is 12.6. The largest absolute Gasteiger partial charge is 0.478 e. The van der Waals surface area contributed by atoms with Crippen molar-refractivity contribution in [3.8, 4) is 5.88 Å². The minimum atomic E-state index is 0.609. The van der Waals surface area contributed by atoms with E-state index in [0.717, 1.165) is 17.8 Å². The summed E-state index contributed by atoms with van der Waals surface area (Å²) in [4.78, 5) is 12.3. The van der Waals surface area contributed by atoms with Crippen LogP contribution >= 0.6 is 0 Å². The number of aromatic nitrogens is 3. The number of rotatable bonds is 4. The van der Waals surface area contributed by atoms with E-state index >= 15 is 0 Å². The molecule has 3 aromatic rings. The smallest absolute Gasteiger partial charge is 0.215 e. The minimum Gasteiger partial charge on any atom is -0.478 e. The van der Waals surface area contributed by atoms with Crippen LogP contribution in [0.5, 0.6) is 5.88 Å². The van der Waals surface area contributed by atoms with E-state index in [4.69, 9.17) is 4.74 Å². The molecule has 0 aliphatic rings. The molecule has 0 aliphatic carbocycles. The first kappa shape index (κ1) is 13.6.